The van der Waals surface area contributed by atoms with E-state index in [1.165, 1.54) is 18.9 Å². The summed E-state index contributed by atoms with van der Waals surface area (Å²) in [6.45, 7) is 8.07. The third kappa shape index (κ3) is 5.65. The van der Waals surface area contributed by atoms with Crippen molar-refractivity contribution in [3.8, 4) is 11.3 Å². The van der Waals surface area contributed by atoms with Gasteiger partial charge in [-0.25, -0.2) is 9.97 Å². The number of likely N-dealkylation sites (N-methyl/N-ethyl adjacent to an activating group) is 1. The quantitative estimate of drug-likeness (QED) is 0.645. The van der Waals surface area contributed by atoms with Crippen LogP contribution in [-0.2, 0) is 4.79 Å². The van der Waals surface area contributed by atoms with Crippen LogP contribution in [0.2, 0.25) is 5.02 Å². The van der Waals surface area contributed by atoms with Crippen LogP contribution >= 0.6 is 11.6 Å². The molecule has 0 spiro atoms. The highest BCUT2D eigenvalue weighted by atomic mass is 35.5. The van der Waals surface area contributed by atoms with Gasteiger partial charge >= 0.3 is 0 Å². The molecule has 1 aliphatic carbocycles. The molecule has 4 rings (SSSR count). The van der Waals surface area contributed by atoms with E-state index in [9.17, 15) is 4.79 Å². The Balaban J connectivity index is 1.45. The van der Waals surface area contributed by atoms with Crippen molar-refractivity contribution < 1.29 is 4.79 Å². The van der Waals surface area contributed by atoms with Gasteiger partial charge in [-0.1, -0.05) is 30.3 Å². The number of halogens is 1. The lowest BCUT2D eigenvalue weighted by Gasteiger charge is -2.41. The van der Waals surface area contributed by atoms with Gasteiger partial charge in [0.25, 0.3) is 0 Å². The average Bonchev–Trinajstić information content (AvgIpc) is 2.81. The summed E-state index contributed by atoms with van der Waals surface area (Å²) in [6.07, 6.45) is 7.58. The first-order valence-electron chi connectivity index (χ1n) is 11.3. The van der Waals surface area contributed by atoms with Crippen molar-refractivity contribution in [1.29, 1.82) is 0 Å². The molecule has 2 fully saturated rings. The molecule has 170 valence electrons. The van der Waals surface area contributed by atoms with Gasteiger partial charge in [0.05, 0.1) is 16.9 Å². The van der Waals surface area contributed by atoms with E-state index in [0.717, 1.165) is 44.6 Å². The van der Waals surface area contributed by atoms with Crippen molar-refractivity contribution in [1.82, 2.24) is 19.8 Å². The van der Waals surface area contributed by atoms with Gasteiger partial charge in [0, 0.05) is 49.5 Å². The number of hydrogen-bond donors (Lipinski definition) is 2. The summed E-state index contributed by atoms with van der Waals surface area (Å²) in [7, 11) is 2.20. The van der Waals surface area contributed by atoms with Crippen molar-refractivity contribution in [3.63, 3.8) is 0 Å². The van der Waals surface area contributed by atoms with Crippen LogP contribution in [0.5, 0.6) is 0 Å². The number of anilines is 2. The van der Waals surface area contributed by atoms with Crippen LogP contribution in [0.1, 0.15) is 25.7 Å². The Morgan fingerprint density at radius 1 is 1.25 bits per heavy atom. The number of carbonyl (C=O) groups is 1. The van der Waals surface area contributed by atoms with E-state index < -0.39 is 0 Å². The molecule has 0 bridgehead atoms. The van der Waals surface area contributed by atoms with Gasteiger partial charge in [-0.15, -0.1) is 0 Å². The Morgan fingerprint density at radius 3 is 2.84 bits per heavy atom. The minimum atomic E-state index is -0.259. The van der Waals surface area contributed by atoms with Crippen molar-refractivity contribution in [2.24, 2.45) is 0 Å². The Morgan fingerprint density at radius 2 is 2.06 bits per heavy atom. The van der Waals surface area contributed by atoms with Gasteiger partial charge in [-0.3, -0.25) is 9.69 Å². The summed E-state index contributed by atoms with van der Waals surface area (Å²) in [6, 6.07) is 8.42. The normalized spacial score (nSPS) is 22.3. The molecule has 2 heterocycles. The van der Waals surface area contributed by atoms with Gasteiger partial charge in [0.2, 0.25) is 11.9 Å². The molecule has 2 atom stereocenters. The molecule has 1 saturated heterocycles. The second kappa shape index (κ2) is 10.4. The van der Waals surface area contributed by atoms with E-state index in [-0.39, 0.29) is 5.91 Å². The van der Waals surface area contributed by atoms with Gasteiger partial charge in [0.1, 0.15) is 0 Å². The minimum absolute atomic E-state index is 0.259. The van der Waals surface area contributed by atoms with E-state index >= 15 is 0 Å². The maximum Gasteiger partial charge on any atom is 0.247 e. The van der Waals surface area contributed by atoms with Crippen molar-refractivity contribution in [2.45, 2.75) is 37.8 Å². The number of hydrogen-bond acceptors (Lipinski definition) is 6. The number of rotatable bonds is 6. The number of benzene rings is 1. The molecule has 32 heavy (non-hydrogen) atoms. The Hall–Kier alpha value is -2.48. The third-order valence-electron chi connectivity index (χ3n) is 6.37. The monoisotopic (exact) mass is 454 g/mol. The van der Waals surface area contributed by atoms with Crippen LogP contribution in [-0.4, -0.2) is 71.0 Å². The summed E-state index contributed by atoms with van der Waals surface area (Å²) >= 11 is 6.43. The Kier molecular flexibility index (Phi) is 7.40. The zero-order valence-corrected chi connectivity index (χ0v) is 19.3. The predicted molar refractivity (Wildman–Crippen MR) is 130 cm³/mol. The molecule has 8 heteroatoms. The second-order valence-corrected chi connectivity index (χ2v) is 9.07. The molecule has 0 radical (unpaired) electrons. The van der Waals surface area contributed by atoms with E-state index in [0.29, 0.717) is 34.4 Å². The van der Waals surface area contributed by atoms with Crippen LogP contribution in [0.3, 0.4) is 0 Å². The smallest absolute Gasteiger partial charge is 0.247 e. The fourth-order valence-corrected chi connectivity index (χ4v) is 4.77. The van der Waals surface area contributed by atoms with Gasteiger partial charge in [-0.05, 0) is 50.9 Å². The van der Waals surface area contributed by atoms with Crippen molar-refractivity contribution >= 4 is 29.1 Å². The molecular weight excluding hydrogens is 424 g/mol. The lowest BCUT2D eigenvalue weighted by molar-refractivity contribution is -0.111. The predicted octanol–water partition coefficient (Wildman–Crippen LogP) is 3.89. The highest BCUT2D eigenvalue weighted by molar-refractivity contribution is 6.32. The van der Waals surface area contributed by atoms with E-state index in [2.05, 4.69) is 39.0 Å². The van der Waals surface area contributed by atoms with Crippen LogP contribution in [0.15, 0.2) is 43.1 Å². The highest BCUT2D eigenvalue weighted by Crippen LogP contribution is 2.30. The van der Waals surface area contributed by atoms with Gasteiger partial charge in [0.15, 0.2) is 0 Å². The van der Waals surface area contributed by atoms with E-state index in [4.69, 9.17) is 16.6 Å². The first kappa shape index (κ1) is 22.7. The summed E-state index contributed by atoms with van der Waals surface area (Å²) in [5, 5.41) is 6.80. The second-order valence-electron chi connectivity index (χ2n) is 8.67. The number of aromatic nitrogens is 2. The Bertz CT molecular complexity index is 959. The standard InChI is InChI=1S/C24H31ClN6O/c1-3-22(32)27-18-7-4-6-17(14-18)23-21(25)16-26-24(29-23)28-19-8-5-9-20(15-19)31-12-10-30(2)11-13-31/h3-4,6-7,14,16,19-20H,1,5,8-13,15H2,2H3,(H,27,32)(H,26,28,29)/t19-,20?/m0/s1. The fourth-order valence-electron chi connectivity index (χ4n) is 4.57. The van der Waals surface area contributed by atoms with Crippen molar-refractivity contribution in [2.75, 3.05) is 43.9 Å². The van der Waals surface area contributed by atoms with Crippen LogP contribution in [0.25, 0.3) is 11.3 Å². The third-order valence-corrected chi connectivity index (χ3v) is 6.64. The molecule has 1 amide bonds. The van der Waals surface area contributed by atoms with Crippen molar-refractivity contribution in [3.05, 3.63) is 48.1 Å². The molecule has 1 aromatic heterocycles. The fraction of sp³-hybridized carbons (Fsp3) is 0.458. The average molecular weight is 455 g/mol. The molecule has 1 aliphatic heterocycles. The lowest BCUT2D eigenvalue weighted by atomic mass is 9.89. The summed E-state index contributed by atoms with van der Waals surface area (Å²) < 4.78 is 0. The molecular formula is C24H31ClN6O. The Labute approximate surface area is 194 Å². The van der Waals surface area contributed by atoms with E-state index in [1.807, 2.05) is 24.3 Å². The van der Waals surface area contributed by atoms with Crippen LogP contribution < -0.4 is 10.6 Å². The summed E-state index contributed by atoms with van der Waals surface area (Å²) in [5.74, 6) is 0.333. The molecule has 1 aromatic carbocycles. The van der Waals surface area contributed by atoms with Gasteiger partial charge in [-0.2, -0.15) is 0 Å². The molecule has 1 saturated carbocycles. The number of carbonyl (C=O) groups excluding carboxylic acids is 1. The van der Waals surface area contributed by atoms with Crippen LogP contribution in [0.4, 0.5) is 11.6 Å². The first-order valence-corrected chi connectivity index (χ1v) is 11.6. The topological polar surface area (TPSA) is 73.4 Å². The first-order chi connectivity index (χ1) is 15.5. The highest BCUT2D eigenvalue weighted by Gasteiger charge is 2.28. The SMILES string of the molecule is C=CC(=O)Nc1cccc(-c2nc(N[C@H]3CCCC(N4CCN(C)CC4)C3)ncc2Cl)c1. The largest absolute Gasteiger partial charge is 0.351 e. The van der Waals surface area contributed by atoms with Crippen LogP contribution in [0, 0.1) is 0 Å². The zero-order chi connectivity index (χ0) is 22.5. The lowest BCUT2D eigenvalue weighted by Crippen LogP contribution is -2.51. The number of amides is 1. The molecule has 2 aromatic rings. The molecule has 1 unspecified atom stereocenters. The maximum atomic E-state index is 11.6. The number of nitrogens with one attached hydrogen (secondary N) is 2. The van der Waals surface area contributed by atoms with E-state index in [1.54, 1.807) is 6.20 Å². The minimum Gasteiger partial charge on any atom is -0.351 e. The zero-order valence-electron chi connectivity index (χ0n) is 18.6. The number of nitrogens with zero attached hydrogens (tertiary/aromatic N) is 4. The molecule has 7 nitrogen and oxygen atoms in total. The maximum absolute atomic E-state index is 11.6. The summed E-state index contributed by atoms with van der Waals surface area (Å²) in [5.41, 5.74) is 2.13. The molecule has 2 N–H and O–H groups in total. The number of piperazine rings is 1. The van der Waals surface area contributed by atoms with Gasteiger partial charge < -0.3 is 15.5 Å². The summed E-state index contributed by atoms with van der Waals surface area (Å²) in [4.78, 5) is 25.8. The molecule has 2 aliphatic rings.